The molecule has 110 valence electrons. The minimum Gasteiger partial charge on any atom is -0.396 e. The molecule has 0 saturated carbocycles. The fourth-order valence-electron chi connectivity index (χ4n) is 2.58. The first-order chi connectivity index (χ1) is 10.1. The summed E-state index contributed by atoms with van der Waals surface area (Å²) in [5.41, 5.74) is 7.18. The molecule has 21 heavy (non-hydrogen) atoms. The number of halogens is 2. The molecule has 0 atom stereocenters. The van der Waals surface area contributed by atoms with Crippen molar-refractivity contribution in [1.82, 2.24) is 4.98 Å². The van der Waals surface area contributed by atoms with Gasteiger partial charge in [0.15, 0.2) is 5.82 Å². The Morgan fingerprint density at radius 3 is 2.43 bits per heavy atom. The average molecular weight is 307 g/mol. The number of nitrogens with two attached hydrogens (primary N) is 1. The Hall–Kier alpha value is -2.01. The lowest BCUT2D eigenvalue weighted by Gasteiger charge is -2.37. The van der Waals surface area contributed by atoms with Crippen LogP contribution in [0.1, 0.15) is 0 Å². The van der Waals surface area contributed by atoms with Gasteiger partial charge in [-0.3, -0.25) is 0 Å². The zero-order chi connectivity index (χ0) is 14.8. The summed E-state index contributed by atoms with van der Waals surface area (Å²) in [7, 11) is 0. The van der Waals surface area contributed by atoms with E-state index in [1.807, 2.05) is 11.0 Å². The van der Waals surface area contributed by atoms with Gasteiger partial charge in [0.25, 0.3) is 0 Å². The number of nitrogen functional groups attached to an aromatic ring is 1. The first-order valence-corrected chi connectivity index (χ1v) is 7.18. The fraction of sp³-hybridized carbons (Fsp3) is 0.267. The third-order valence-electron chi connectivity index (χ3n) is 3.63. The van der Waals surface area contributed by atoms with Gasteiger partial charge in [0.05, 0.1) is 16.4 Å². The lowest BCUT2D eigenvalue weighted by atomic mass is 10.2. The van der Waals surface area contributed by atoms with Crippen molar-refractivity contribution in [3.8, 4) is 0 Å². The number of para-hydroxylation sites is 1. The highest BCUT2D eigenvalue weighted by Gasteiger charge is 2.21. The van der Waals surface area contributed by atoms with Crippen molar-refractivity contribution in [1.29, 1.82) is 0 Å². The van der Waals surface area contributed by atoms with Gasteiger partial charge >= 0.3 is 0 Å². The topological polar surface area (TPSA) is 45.4 Å². The molecule has 0 radical (unpaired) electrons. The Morgan fingerprint density at radius 1 is 1.10 bits per heavy atom. The molecule has 3 rings (SSSR count). The van der Waals surface area contributed by atoms with Gasteiger partial charge in [0.2, 0.25) is 0 Å². The molecule has 1 saturated heterocycles. The molecule has 1 aliphatic heterocycles. The Balaban J connectivity index is 1.72. The van der Waals surface area contributed by atoms with E-state index in [4.69, 9.17) is 17.3 Å². The highest BCUT2D eigenvalue weighted by Crippen LogP contribution is 2.26. The molecule has 0 bridgehead atoms. The molecule has 2 N–H and O–H groups in total. The zero-order valence-electron chi connectivity index (χ0n) is 11.5. The van der Waals surface area contributed by atoms with Crippen LogP contribution in [-0.2, 0) is 0 Å². The minimum atomic E-state index is -0.185. The maximum atomic E-state index is 13.8. The van der Waals surface area contributed by atoms with Crippen molar-refractivity contribution in [3.63, 3.8) is 0 Å². The molecule has 6 heteroatoms. The van der Waals surface area contributed by atoms with Crippen LogP contribution in [-0.4, -0.2) is 31.2 Å². The molecular formula is C15H16ClFN4. The first-order valence-electron chi connectivity index (χ1n) is 6.80. The van der Waals surface area contributed by atoms with E-state index >= 15 is 0 Å². The molecule has 0 amide bonds. The van der Waals surface area contributed by atoms with Crippen molar-refractivity contribution in [2.24, 2.45) is 0 Å². The third kappa shape index (κ3) is 2.88. The van der Waals surface area contributed by atoms with Gasteiger partial charge < -0.3 is 15.5 Å². The van der Waals surface area contributed by atoms with Crippen molar-refractivity contribution < 1.29 is 4.39 Å². The van der Waals surface area contributed by atoms with E-state index in [1.54, 1.807) is 24.4 Å². The number of rotatable bonds is 2. The lowest BCUT2D eigenvalue weighted by Crippen LogP contribution is -2.47. The number of pyridine rings is 1. The van der Waals surface area contributed by atoms with Gasteiger partial charge in [-0.15, -0.1) is 0 Å². The highest BCUT2D eigenvalue weighted by molar-refractivity contribution is 6.30. The molecule has 1 fully saturated rings. The van der Waals surface area contributed by atoms with Crippen molar-refractivity contribution in [2.45, 2.75) is 0 Å². The molecule has 2 aromatic rings. The van der Waals surface area contributed by atoms with Crippen molar-refractivity contribution in [3.05, 3.63) is 47.4 Å². The van der Waals surface area contributed by atoms with Gasteiger partial charge in [-0.1, -0.05) is 23.7 Å². The Bertz CT molecular complexity index is 641. The second-order valence-electron chi connectivity index (χ2n) is 4.99. The standard InChI is InChI=1S/C15H16ClFN4/c16-11-9-13(18)15(19-10-11)21-7-5-20(6-8-21)14-4-2-1-3-12(14)17/h1-4,9-10H,5-8,18H2. The molecule has 1 aliphatic rings. The summed E-state index contributed by atoms with van der Waals surface area (Å²) in [6, 6.07) is 8.55. The number of benzene rings is 1. The number of aromatic nitrogens is 1. The van der Waals surface area contributed by atoms with Gasteiger partial charge in [0, 0.05) is 32.4 Å². The maximum Gasteiger partial charge on any atom is 0.151 e. The van der Waals surface area contributed by atoms with Crippen LogP contribution in [0, 0.1) is 5.82 Å². The van der Waals surface area contributed by atoms with Gasteiger partial charge in [-0.05, 0) is 18.2 Å². The van der Waals surface area contributed by atoms with Crippen molar-refractivity contribution >= 4 is 28.8 Å². The van der Waals surface area contributed by atoms with Crippen LogP contribution in [0.4, 0.5) is 21.6 Å². The van der Waals surface area contributed by atoms with Gasteiger partial charge in [-0.25, -0.2) is 9.37 Å². The van der Waals surface area contributed by atoms with E-state index in [9.17, 15) is 4.39 Å². The number of hydrogen-bond acceptors (Lipinski definition) is 4. The van der Waals surface area contributed by atoms with Crippen LogP contribution < -0.4 is 15.5 Å². The molecule has 1 aromatic carbocycles. The van der Waals surface area contributed by atoms with Crippen LogP contribution in [0.25, 0.3) is 0 Å². The molecule has 2 heterocycles. The Labute approximate surface area is 127 Å². The van der Waals surface area contributed by atoms with Gasteiger partial charge in [0.1, 0.15) is 5.82 Å². The number of anilines is 3. The van der Waals surface area contributed by atoms with Crippen LogP contribution in [0.5, 0.6) is 0 Å². The molecule has 0 spiro atoms. The Morgan fingerprint density at radius 2 is 1.76 bits per heavy atom. The van der Waals surface area contributed by atoms with E-state index in [1.165, 1.54) is 6.07 Å². The van der Waals surface area contributed by atoms with E-state index in [0.29, 0.717) is 16.4 Å². The minimum absolute atomic E-state index is 0.185. The van der Waals surface area contributed by atoms with Crippen LogP contribution in [0.15, 0.2) is 36.5 Å². The average Bonchev–Trinajstić information content (AvgIpc) is 2.48. The summed E-state index contributed by atoms with van der Waals surface area (Å²) in [5, 5.41) is 0.529. The predicted octanol–water partition coefficient (Wildman–Crippen LogP) is 2.78. The number of piperazine rings is 1. The zero-order valence-corrected chi connectivity index (χ0v) is 12.2. The van der Waals surface area contributed by atoms with E-state index < -0.39 is 0 Å². The van der Waals surface area contributed by atoms with E-state index in [-0.39, 0.29) is 5.82 Å². The largest absolute Gasteiger partial charge is 0.396 e. The SMILES string of the molecule is Nc1cc(Cl)cnc1N1CCN(c2ccccc2F)CC1. The first kappa shape index (κ1) is 13.9. The normalized spacial score (nSPS) is 15.3. The second kappa shape index (κ2) is 5.77. The van der Waals surface area contributed by atoms with Crippen molar-refractivity contribution in [2.75, 3.05) is 41.7 Å². The second-order valence-corrected chi connectivity index (χ2v) is 5.43. The Kier molecular flexibility index (Phi) is 3.84. The smallest absolute Gasteiger partial charge is 0.151 e. The quantitative estimate of drug-likeness (QED) is 0.927. The van der Waals surface area contributed by atoms with E-state index in [2.05, 4.69) is 9.88 Å². The van der Waals surface area contributed by atoms with Crippen LogP contribution in [0.3, 0.4) is 0 Å². The van der Waals surface area contributed by atoms with Crippen LogP contribution >= 0.6 is 11.6 Å². The predicted molar refractivity (Wildman–Crippen MR) is 84.5 cm³/mol. The molecule has 4 nitrogen and oxygen atoms in total. The number of hydrogen-bond donors (Lipinski definition) is 1. The monoisotopic (exact) mass is 306 g/mol. The summed E-state index contributed by atoms with van der Waals surface area (Å²) < 4.78 is 13.8. The summed E-state index contributed by atoms with van der Waals surface area (Å²) >= 11 is 5.87. The van der Waals surface area contributed by atoms with E-state index in [0.717, 1.165) is 32.0 Å². The highest BCUT2D eigenvalue weighted by atomic mass is 35.5. The summed E-state index contributed by atoms with van der Waals surface area (Å²) in [6.07, 6.45) is 1.59. The summed E-state index contributed by atoms with van der Waals surface area (Å²) in [5.74, 6) is 0.558. The lowest BCUT2D eigenvalue weighted by molar-refractivity contribution is 0.596. The number of nitrogens with zero attached hydrogens (tertiary/aromatic N) is 3. The fourth-order valence-corrected chi connectivity index (χ4v) is 2.75. The molecule has 1 aromatic heterocycles. The molecule has 0 aliphatic carbocycles. The molecule has 0 unspecified atom stereocenters. The summed E-state index contributed by atoms with van der Waals surface area (Å²) in [6.45, 7) is 2.94. The third-order valence-corrected chi connectivity index (χ3v) is 3.84. The van der Waals surface area contributed by atoms with Gasteiger partial charge in [-0.2, -0.15) is 0 Å². The maximum absolute atomic E-state index is 13.8. The summed E-state index contributed by atoms with van der Waals surface area (Å²) in [4.78, 5) is 8.43. The molecular weight excluding hydrogens is 291 g/mol. The van der Waals surface area contributed by atoms with Crippen LogP contribution in [0.2, 0.25) is 5.02 Å².